The first kappa shape index (κ1) is 16.8. The molecule has 130 valence electrons. The van der Waals surface area contributed by atoms with Crippen LogP contribution >= 0.6 is 0 Å². The van der Waals surface area contributed by atoms with Crippen molar-refractivity contribution in [1.29, 1.82) is 0 Å². The van der Waals surface area contributed by atoms with Crippen LogP contribution in [0.15, 0.2) is 24.4 Å². The summed E-state index contributed by atoms with van der Waals surface area (Å²) < 4.78 is 7.14. The Morgan fingerprint density at radius 2 is 2.12 bits per heavy atom. The summed E-state index contributed by atoms with van der Waals surface area (Å²) in [7, 11) is 1.65. The first-order valence-electron chi connectivity index (χ1n) is 8.48. The molecule has 0 spiro atoms. The van der Waals surface area contributed by atoms with Crippen molar-refractivity contribution in [3.63, 3.8) is 0 Å². The number of fused-ring (bicyclic) bond motifs is 1. The molecule has 0 bridgehead atoms. The van der Waals surface area contributed by atoms with Gasteiger partial charge in [-0.3, -0.25) is 4.79 Å². The van der Waals surface area contributed by atoms with Crippen molar-refractivity contribution in [2.24, 2.45) is 0 Å². The topological polar surface area (TPSA) is 66.7 Å². The summed E-state index contributed by atoms with van der Waals surface area (Å²) in [5.74, 6) is -0.0194. The van der Waals surface area contributed by atoms with E-state index < -0.39 is 5.97 Å². The van der Waals surface area contributed by atoms with E-state index >= 15 is 0 Å². The summed E-state index contributed by atoms with van der Waals surface area (Å²) in [4.78, 5) is 13.6. The minimum Gasteiger partial charge on any atom is -0.497 e. The smallest absolute Gasteiger partial charge is 0.323 e. The van der Waals surface area contributed by atoms with E-state index in [4.69, 9.17) is 9.84 Å². The average Bonchev–Trinajstić information content (AvgIpc) is 2.92. The molecule has 1 saturated heterocycles. The molecule has 2 aromatic rings. The molecule has 1 aliphatic heterocycles. The van der Waals surface area contributed by atoms with Gasteiger partial charge in [-0.15, -0.1) is 0 Å². The molecule has 6 heteroatoms. The zero-order chi connectivity index (χ0) is 16.9. The summed E-state index contributed by atoms with van der Waals surface area (Å²) in [6.07, 6.45) is 4.00. The van der Waals surface area contributed by atoms with Gasteiger partial charge in [-0.2, -0.15) is 0 Å². The number of benzene rings is 1. The van der Waals surface area contributed by atoms with E-state index in [-0.39, 0.29) is 6.54 Å². The van der Waals surface area contributed by atoms with Gasteiger partial charge in [-0.1, -0.05) is 0 Å². The lowest BCUT2D eigenvalue weighted by Crippen LogP contribution is -2.43. The van der Waals surface area contributed by atoms with Gasteiger partial charge in [0.25, 0.3) is 0 Å². The minimum atomic E-state index is -0.824. The number of carboxylic acids is 1. The van der Waals surface area contributed by atoms with Crippen molar-refractivity contribution in [2.45, 2.75) is 19.4 Å². The molecule has 24 heavy (non-hydrogen) atoms. The quantitative estimate of drug-likeness (QED) is 0.806. The van der Waals surface area contributed by atoms with Gasteiger partial charge in [-0.05, 0) is 43.1 Å². The molecule has 1 aromatic heterocycles. The Kier molecular flexibility index (Phi) is 5.37. The van der Waals surface area contributed by atoms with Crippen molar-refractivity contribution >= 4 is 16.9 Å². The van der Waals surface area contributed by atoms with Crippen LogP contribution in [0.3, 0.4) is 0 Å². The SMILES string of the molecule is COc1ccc2c(c1)c(CCCN1CCNCC1)cn2CC(=O)O. The second-order valence-corrected chi connectivity index (χ2v) is 6.25. The van der Waals surface area contributed by atoms with E-state index in [1.807, 2.05) is 29.0 Å². The number of nitrogens with zero attached hydrogens (tertiary/aromatic N) is 2. The summed E-state index contributed by atoms with van der Waals surface area (Å²) >= 11 is 0. The van der Waals surface area contributed by atoms with Gasteiger partial charge in [0.15, 0.2) is 0 Å². The van der Waals surface area contributed by atoms with Crippen molar-refractivity contribution in [1.82, 2.24) is 14.8 Å². The number of carbonyl (C=O) groups is 1. The molecule has 0 atom stereocenters. The predicted octanol–water partition coefficient (Wildman–Crippen LogP) is 1.57. The predicted molar refractivity (Wildman–Crippen MR) is 93.8 cm³/mol. The Balaban J connectivity index is 1.76. The van der Waals surface area contributed by atoms with Gasteiger partial charge in [0.05, 0.1) is 7.11 Å². The Morgan fingerprint density at radius 3 is 2.83 bits per heavy atom. The van der Waals surface area contributed by atoms with Crippen molar-refractivity contribution in [3.05, 3.63) is 30.0 Å². The highest BCUT2D eigenvalue weighted by Gasteiger charge is 2.13. The van der Waals surface area contributed by atoms with E-state index in [9.17, 15) is 4.79 Å². The number of carboxylic acid groups (broad SMARTS) is 1. The molecule has 6 nitrogen and oxygen atoms in total. The highest BCUT2D eigenvalue weighted by atomic mass is 16.5. The normalized spacial score (nSPS) is 15.7. The maximum Gasteiger partial charge on any atom is 0.323 e. The fourth-order valence-electron chi connectivity index (χ4n) is 3.38. The largest absolute Gasteiger partial charge is 0.497 e. The van der Waals surface area contributed by atoms with Crippen LogP contribution in [0.5, 0.6) is 5.75 Å². The number of aryl methyl sites for hydroxylation is 1. The summed E-state index contributed by atoms with van der Waals surface area (Å²) in [5, 5.41) is 13.6. The number of nitrogens with one attached hydrogen (secondary N) is 1. The van der Waals surface area contributed by atoms with Gasteiger partial charge in [-0.25, -0.2) is 0 Å². The first-order chi connectivity index (χ1) is 11.7. The van der Waals surface area contributed by atoms with Gasteiger partial charge < -0.3 is 24.6 Å². The summed E-state index contributed by atoms with van der Waals surface area (Å²) in [6, 6.07) is 5.83. The third-order valence-corrected chi connectivity index (χ3v) is 4.61. The molecule has 0 saturated carbocycles. The highest BCUT2D eigenvalue weighted by molar-refractivity contribution is 5.86. The van der Waals surface area contributed by atoms with E-state index in [0.29, 0.717) is 0 Å². The Labute approximate surface area is 142 Å². The van der Waals surface area contributed by atoms with Crippen LogP contribution in [-0.2, 0) is 17.8 Å². The van der Waals surface area contributed by atoms with Gasteiger partial charge >= 0.3 is 5.97 Å². The highest BCUT2D eigenvalue weighted by Crippen LogP contribution is 2.27. The molecule has 0 radical (unpaired) electrons. The van der Waals surface area contributed by atoms with Crippen LogP contribution in [0.2, 0.25) is 0 Å². The van der Waals surface area contributed by atoms with Crippen LogP contribution in [0.1, 0.15) is 12.0 Å². The third-order valence-electron chi connectivity index (χ3n) is 4.61. The van der Waals surface area contributed by atoms with Crippen LogP contribution in [0.25, 0.3) is 10.9 Å². The maximum atomic E-state index is 11.1. The van der Waals surface area contributed by atoms with Crippen molar-refractivity contribution in [3.8, 4) is 5.75 Å². The molecule has 0 unspecified atom stereocenters. The fraction of sp³-hybridized carbons (Fsp3) is 0.500. The van der Waals surface area contributed by atoms with Crippen molar-refractivity contribution < 1.29 is 14.6 Å². The minimum absolute atomic E-state index is 0.0133. The zero-order valence-corrected chi connectivity index (χ0v) is 14.1. The number of aliphatic carboxylic acids is 1. The average molecular weight is 331 g/mol. The van der Waals surface area contributed by atoms with Gasteiger partial charge in [0.2, 0.25) is 0 Å². The lowest BCUT2D eigenvalue weighted by molar-refractivity contribution is -0.137. The zero-order valence-electron chi connectivity index (χ0n) is 14.1. The van der Waals surface area contributed by atoms with Crippen LogP contribution in [0.4, 0.5) is 0 Å². The number of piperazine rings is 1. The number of methoxy groups -OCH3 is 1. The Morgan fingerprint density at radius 1 is 1.33 bits per heavy atom. The molecule has 2 heterocycles. The summed E-state index contributed by atoms with van der Waals surface area (Å²) in [5.41, 5.74) is 2.15. The van der Waals surface area contributed by atoms with Crippen LogP contribution in [-0.4, -0.2) is 60.4 Å². The van der Waals surface area contributed by atoms with Crippen LogP contribution < -0.4 is 10.1 Å². The summed E-state index contributed by atoms with van der Waals surface area (Å²) in [6.45, 7) is 5.41. The second-order valence-electron chi connectivity index (χ2n) is 6.25. The molecular weight excluding hydrogens is 306 g/mol. The monoisotopic (exact) mass is 331 g/mol. The van der Waals surface area contributed by atoms with Crippen molar-refractivity contribution in [2.75, 3.05) is 39.8 Å². The lowest BCUT2D eigenvalue weighted by Gasteiger charge is -2.26. The third kappa shape index (κ3) is 3.88. The van der Waals surface area contributed by atoms with E-state index in [1.165, 1.54) is 5.56 Å². The number of hydrogen-bond donors (Lipinski definition) is 2. The van der Waals surface area contributed by atoms with E-state index in [2.05, 4.69) is 10.2 Å². The number of ether oxygens (including phenoxy) is 1. The molecule has 0 amide bonds. The number of hydrogen-bond acceptors (Lipinski definition) is 4. The lowest BCUT2D eigenvalue weighted by atomic mass is 10.1. The number of aromatic nitrogens is 1. The molecule has 1 aromatic carbocycles. The fourth-order valence-corrected chi connectivity index (χ4v) is 3.38. The molecule has 2 N–H and O–H groups in total. The van der Waals surface area contributed by atoms with Crippen LogP contribution in [0, 0.1) is 0 Å². The Bertz CT molecular complexity index is 705. The molecule has 0 aliphatic carbocycles. The Hall–Kier alpha value is -2.05. The maximum absolute atomic E-state index is 11.1. The first-order valence-corrected chi connectivity index (χ1v) is 8.48. The van der Waals surface area contributed by atoms with E-state index in [0.717, 1.165) is 62.2 Å². The number of rotatable bonds is 7. The second kappa shape index (κ2) is 7.68. The van der Waals surface area contributed by atoms with E-state index in [1.54, 1.807) is 7.11 Å². The van der Waals surface area contributed by atoms with Gasteiger partial charge in [0, 0.05) is 43.3 Å². The molecule has 3 rings (SSSR count). The van der Waals surface area contributed by atoms with Gasteiger partial charge in [0.1, 0.15) is 12.3 Å². The molecular formula is C18H25N3O3. The molecule has 1 aliphatic rings. The molecule has 1 fully saturated rings. The standard InChI is InChI=1S/C18H25N3O3/c1-24-15-4-5-17-16(11-15)14(12-21(17)13-18(22)23)3-2-8-20-9-6-19-7-10-20/h4-5,11-12,19H,2-3,6-10,13H2,1H3,(H,22,23).